The molecule has 23 heavy (non-hydrogen) atoms. The SMILES string of the molecule is CN(c1ccc2cc([N+](=O)[O-])ccc2n1)C1CC2CCC(C1)N2. The standard InChI is InChI=1S/C17H20N4O2/c1-20(15-9-12-3-4-13(10-15)18-12)17-7-2-11-8-14(21(22)23)5-6-16(11)19-17/h2,5-8,12-13,15,18H,3-4,9-10H2,1H3. The summed E-state index contributed by atoms with van der Waals surface area (Å²) in [6.07, 6.45) is 4.88. The van der Waals surface area contributed by atoms with Crippen LogP contribution < -0.4 is 10.2 Å². The summed E-state index contributed by atoms with van der Waals surface area (Å²) in [6, 6.07) is 10.5. The molecule has 4 rings (SSSR count). The van der Waals surface area contributed by atoms with Crippen LogP contribution in [0.2, 0.25) is 0 Å². The van der Waals surface area contributed by atoms with E-state index in [0.717, 1.165) is 29.6 Å². The monoisotopic (exact) mass is 312 g/mol. The highest BCUT2D eigenvalue weighted by Gasteiger charge is 2.35. The molecule has 3 heterocycles. The minimum atomic E-state index is -0.371. The van der Waals surface area contributed by atoms with Gasteiger partial charge in [0.2, 0.25) is 0 Å². The first kappa shape index (κ1) is 14.4. The normalized spacial score (nSPS) is 26.4. The summed E-state index contributed by atoms with van der Waals surface area (Å²) in [7, 11) is 2.11. The fourth-order valence-electron chi connectivity index (χ4n) is 3.94. The molecule has 6 heteroatoms. The number of piperidine rings is 1. The molecule has 0 saturated carbocycles. The molecule has 2 aliphatic heterocycles. The third-order valence-corrected chi connectivity index (χ3v) is 5.23. The molecule has 120 valence electrons. The second-order valence-electron chi connectivity index (χ2n) is 6.68. The summed E-state index contributed by atoms with van der Waals surface area (Å²) in [5, 5.41) is 15.3. The summed E-state index contributed by atoms with van der Waals surface area (Å²) in [5.41, 5.74) is 0.909. The zero-order chi connectivity index (χ0) is 16.0. The van der Waals surface area contributed by atoms with Crippen LogP contribution in [0, 0.1) is 10.1 Å². The van der Waals surface area contributed by atoms with Crippen molar-refractivity contribution in [3.8, 4) is 0 Å². The number of nitro groups is 1. The number of nitrogens with zero attached hydrogens (tertiary/aromatic N) is 3. The third kappa shape index (κ3) is 2.63. The maximum Gasteiger partial charge on any atom is 0.270 e. The molecule has 0 radical (unpaired) electrons. The summed E-state index contributed by atoms with van der Waals surface area (Å²) in [5.74, 6) is 0.942. The van der Waals surface area contributed by atoms with E-state index in [9.17, 15) is 10.1 Å². The van der Waals surface area contributed by atoms with Gasteiger partial charge in [-0.05, 0) is 43.9 Å². The number of nitro benzene ring substituents is 1. The van der Waals surface area contributed by atoms with Gasteiger partial charge in [-0.2, -0.15) is 0 Å². The third-order valence-electron chi connectivity index (χ3n) is 5.23. The van der Waals surface area contributed by atoms with Crippen molar-refractivity contribution >= 4 is 22.4 Å². The van der Waals surface area contributed by atoms with Gasteiger partial charge in [0.25, 0.3) is 5.69 Å². The van der Waals surface area contributed by atoms with Crippen LogP contribution in [-0.2, 0) is 0 Å². The van der Waals surface area contributed by atoms with E-state index in [1.165, 1.54) is 18.9 Å². The molecule has 2 aromatic rings. The highest BCUT2D eigenvalue weighted by atomic mass is 16.6. The lowest BCUT2D eigenvalue weighted by Crippen LogP contribution is -2.47. The summed E-state index contributed by atoms with van der Waals surface area (Å²) in [6.45, 7) is 0. The molecule has 0 spiro atoms. The number of nitrogens with one attached hydrogen (secondary N) is 1. The average molecular weight is 312 g/mol. The Labute approximate surface area is 134 Å². The van der Waals surface area contributed by atoms with Crippen LogP contribution in [0.3, 0.4) is 0 Å². The van der Waals surface area contributed by atoms with E-state index in [2.05, 4.69) is 17.3 Å². The Bertz CT molecular complexity index is 751. The van der Waals surface area contributed by atoms with E-state index in [1.807, 2.05) is 12.1 Å². The van der Waals surface area contributed by atoms with Crippen LogP contribution in [0.15, 0.2) is 30.3 Å². The lowest BCUT2D eigenvalue weighted by molar-refractivity contribution is -0.384. The van der Waals surface area contributed by atoms with Gasteiger partial charge in [-0.15, -0.1) is 0 Å². The number of aromatic nitrogens is 1. The smallest absolute Gasteiger partial charge is 0.270 e. The molecule has 2 atom stereocenters. The molecule has 2 fully saturated rings. The molecule has 1 N–H and O–H groups in total. The van der Waals surface area contributed by atoms with Crippen molar-refractivity contribution in [2.45, 2.75) is 43.8 Å². The molecule has 2 bridgehead atoms. The van der Waals surface area contributed by atoms with Crippen LogP contribution in [0.5, 0.6) is 0 Å². The summed E-state index contributed by atoms with van der Waals surface area (Å²) < 4.78 is 0. The van der Waals surface area contributed by atoms with Crippen LogP contribution in [0.1, 0.15) is 25.7 Å². The second kappa shape index (κ2) is 5.45. The first-order valence-electron chi connectivity index (χ1n) is 8.14. The Kier molecular flexibility index (Phi) is 3.41. The predicted octanol–water partition coefficient (Wildman–Crippen LogP) is 2.86. The Morgan fingerprint density at radius 2 is 1.96 bits per heavy atom. The van der Waals surface area contributed by atoms with Gasteiger partial charge in [0.05, 0.1) is 10.4 Å². The van der Waals surface area contributed by atoms with Gasteiger partial charge in [-0.3, -0.25) is 10.1 Å². The van der Waals surface area contributed by atoms with Crippen molar-refractivity contribution in [3.63, 3.8) is 0 Å². The topological polar surface area (TPSA) is 71.3 Å². The second-order valence-corrected chi connectivity index (χ2v) is 6.68. The van der Waals surface area contributed by atoms with Crippen molar-refractivity contribution in [2.24, 2.45) is 0 Å². The average Bonchev–Trinajstić information content (AvgIpc) is 2.91. The number of fused-ring (bicyclic) bond motifs is 3. The van der Waals surface area contributed by atoms with Gasteiger partial charge in [0.1, 0.15) is 5.82 Å². The number of benzene rings is 1. The largest absolute Gasteiger partial charge is 0.357 e. The van der Waals surface area contributed by atoms with E-state index < -0.39 is 0 Å². The minimum absolute atomic E-state index is 0.107. The Hall–Kier alpha value is -2.21. The molecule has 2 unspecified atom stereocenters. The quantitative estimate of drug-likeness (QED) is 0.697. The van der Waals surface area contributed by atoms with Crippen molar-refractivity contribution in [2.75, 3.05) is 11.9 Å². The fraction of sp³-hybridized carbons (Fsp3) is 0.471. The first-order valence-corrected chi connectivity index (χ1v) is 8.14. The molecular formula is C17H20N4O2. The van der Waals surface area contributed by atoms with Crippen molar-refractivity contribution in [1.29, 1.82) is 0 Å². The van der Waals surface area contributed by atoms with Crippen molar-refractivity contribution in [3.05, 3.63) is 40.4 Å². The van der Waals surface area contributed by atoms with Crippen LogP contribution in [0.4, 0.5) is 11.5 Å². The number of rotatable bonds is 3. The number of hydrogen-bond acceptors (Lipinski definition) is 5. The number of anilines is 1. The van der Waals surface area contributed by atoms with E-state index in [4.69, 9.17) is 4.98 Å². The maximum atomic E-state index is 10.9. The zero-order valence-electron chi connectivity index (χ0n) is 13.1. The Morgan fingerprint density at radius 1 is 1.22 bits per heavy atom. The molecule has 6 nitrogen and oxygen atoms in total. The summed E-state index contributed by atoms with van der Waals surface area (Å²) in [4.78, 5) is 17.5. The first-order chi connectivity index (χ1) is 11.1. The number of pyridine rings is 1. The summed E-state index contributed by atoms with van der Waals surface area (Å²) >= 11 is 0. The van der Waals surface area contributed by atoms with Crippen molar-refractivity contribution in [1.82, 2.24) is 10.3 Å². The van der Waals surface area contributed by atoms with E-state index in [0.29, 0.717) is 18.1 Å². The predicted molar refractivity (Wildman–Crippen MR) is 89.8 cm³/mol. The number of hydrogen-bond donors (Lipinski definition) is 1. The highest BCUT2D eigenvalue weighted by molar-refractivity contribution is 5.82. The molecule has 0 aliphatic carbocycles. The van der Waals surface area contributed by atoms with Crippen LogP contribution in [0.25, 0.3) is 10.9 Å². The van der Waals surface area contributed by atoms with Gasteiger partial charge < -0.3 is 10.2 Å². The Balaban J connectivity index is 1.61. The van der Waals surface area contributed by atoms with Gasteiger partial charge in [-0.1, -0.05) is 0 Å². The zero-order valence-corrected chi connectivity index (χ0v) is 13.1. The maximum absolute atomic E-state index is 10.9. The lowest BCUT2D eigenvalue weighted by atomic mass is 9.98. The van der Waals surface area contributed by atoms with Crippen molar-refractivity contribution < 1.29 is 4.92 Å². The van der Waals surface area contributed by atoms with E-state index in [1.54, 1.807) is 12.1 Å². The Morgan fingerprint density at radius 3 is 2.65 bits per heavy atom. The molecule has 1 aromatic heterocycles. The molecule has 1 aromatic carbocycles. The van der Waals surface area contributed by atoms with Gasteiger partial charge in [-0.25, -0.2) is 4.98 Å². The van der Waals surface area contributed by atoms with Crippen LogP contribution in [-0.4, -0.2) is 35.1 Å². The van der Waals surface area contributed by atoms with Gasteiger partial charge in [0.15, 0.2) is 0 Å². The highest BCUT2D eigenvalue weighted by Crippen LogP contribution is 2.31. The van der Waals surface area contributed by atoms with Gasteiger partial charge in [0, 0.05) is 42.7 Å². The van der Waals surface area contributed by atoms with Crippen LogP contribution >= 0.6 is 0 Å². The minimum Gasteiger partial charge on any atom is -0.357 e. The molecule has 2 saturated heterocycles. The number of non-ortho nitro benzene ring substituents is 1. The molecular weight excluding hydrogens is 292 g/mol. The van der Waals surface area contributed by atoms with E-state index in [-0.39, 0.29) is 10.6 Å². The lowest BCUT2D eigenvalue weighted by Gasteiger charge is -2.36. The molecule has 0 amide bonds. The molecule has 2 aliphatic rings. The van der Waals surface area contributed by atoms with Gasteiger partial charge >= 0.3 is 0 Å². The fourth-order valence-corrected chi connectivity index (χ4v) is 3.94. The van der Waals surface area contributed by atoms with E-state index >= 15 is 0 Å².